The van der Waals surface area contributed by atoms with E-state index in [4.69, 9.17) is 0 Å². The fourth-order valence-corrected chi connectivity index (χ4v) is 2.85. The molecule has 1 aromatic carbocycles. The van der Waals surface area contributed by atoms with Crippen LogP contribution in [0.1, 0.15) is 37.2 Å². The number of piperidine rings is 1. The Kier molecular flexibility index (Phi) is 3.17. The van der Waals surface area contributed by atoms with Crippen molar-refractivity contribution in [1.82, 2.24) is 4.90 Å². The van der Waals surface area contributed by atoms with Gasteiger partial charge in [0.2, 0.25) is 5.91 Å². The maximum absolute atomic E-state index is 13.8. The van der Waals surface area contributed by atoms with Crippen LogP contribution in [0.15, 0.2) is 18.2 Å². The average Bonchev–Trinajstić information content (AvgIpc) is 3.22. The number of rotatable bonds is 2. The predicted molar refractivity (Wildman–Crippen MR) is 69.3 cm³/mol. The van der Waals surface area contributed by atoms with E-state index in [9.17, 15) is 14.3 Å². The summed E-state index contributed by atoms with van der Waals surface area (Å²) in [5.74, 6) is 0.324. The number of carbonyl (C=O) groups is 1. The van der Waals surface area contributed by atoms with Gasteiger partial charge in [-0.3, -0.25) is 4.79 Å². The molecule has 3 nitrogen and oxygen atoms in total. The minimum Gasteiger partial charge on any atom is -0.508 e. The van der Waals surface area contributed by atoms with E-state index in [1.165, 1.54) is 6.07 Å². The summed E-state index contributed by atoms with van der Waals surface area (Å²) in [5, 5.41) is 9.23. The second-order valence-electron chi connectivity index (χ2n) is 5.58. The summed E-state index contributed by atoms with van der Waals surface area (Å²) in [6.07, 6.45) is 3.68. The van der Waals surface area contributed by atoms with E-state index < -0.39 is 0 Å². The standard InChI is InChI=1S/C15H18FNO2/c16-14-9-12(18)3-4-13(14)10-5-7-17(8-6-10)15(19)11-1-2-11/h3-4,9-11,18H,1-2,5-8H2. The number of likely N-dealkylation sites (tertiary alicyclic amines) is 1. The summed E-state index contributed by atoms with van der Waals surface area (Å²) in [7, 11) is 0. The summed E-state index contributed by atoms with van der Waals surface area (Å²) < 4.78 is 13.8. The molecule has 1 aliphatic heterocycles. The molecule has 2 aliphatic rings. The first-order valence-corrected chi connectivity index (χ1v) is 6.92. The van der Waals surface area contributed by atoms with Crippen molar-refractivity contribution in [2.45, 2.75) is 31.6 Å². The molecule has 1 N–H and O–H groups in total. The van der Waals surface area contributed by atoms with E-state index in [-0.39, 0.29) is 29.3 Å². The molecular weight excluding hydrogens is 245 g/mol. The first kappa shape index (κ1) is 12.5. The summed E-state index contributed by atoms with van der Waals surface area (Å²) in [6, 6.07) is 4.35. The van der Waals surface area contributed by atoms with Crippen molar-refractivity contribution in [2.24, 2.45) is 5.92 Å². The number of carbonyl (C=O) groups excluding carboxylic acids is 1. The highest BCUT2D eigenvalue weighted by Gasteiger charge is 2.35. The lowest BCUT2D eigenvalue weighted by Gasteiger charge is -2.32. The number of hydrogen-bond acceptors (Lipinski definition) is 2. The fraction of sp³-hybridized carbons (Fsp3) is 0.533. The first-order valence-electron chi connectivity index (χ1n) is 6.92. The number of benzene rings is 1. The van der Waals surface area contributed by atoms with E-state index in [1.807, 2.05) is 4.90 Å². The Morgan fingerprint density at radius 2 is 1.89 bits per heavy atom. The molecular formula is C15H18FNO2. The molecule has 4 heteroatoms. The lowest BCUT2D eigenvalue weighted by atomic mass is 9.89. The second kappa shape index (κ2) is 4.83. The van der Waals surface area contributed by atoms with Gasteiger partial charge in [0.15, 0.2) is 0 Å². The molecule has 1 heterocycles. The van der Waals surface area contributed by atoms with Crippen LogP contribution in [0, 0.1) is 11.7 Å². The largest absolute Gasteiger partial charge is 0.508 e. The highest BCUT2D eigenvalue weighted by Crippen LogP contribution is 2.35. The van der Waals surface area contributed by atoms with Gasteiger partial charge in [-0.1, -0.05) is 6.07 Å². The predicted octanol–water partition coefficient (Wildman–Crippen LogP) is 2.65. The zero-order valence-corrected chi connectivity index (χ0v) is 10.8. The van der Waals surface area contributed by atoms with Crippen LogP contribution < -0.4 is 0 Å². The molecule has 1 amide bonds. The number of halogens is 1. The molecule has 1 aromatic rings. The first-order chi connectivity index (χ1) is 9.15. The minimum atomic E-state index is -0.341. The van der Waals surface area contributed by atoms with Crippen LogP contribution in [-0.4, -0.2) is 29.0 Å². The Morgan fingerprint density at radius 3 is 2.47 bits per heavy atom. The van der Waals surface area contributed by atoms with Gasteiger partial charge in [0.05, 0.1) is 0 Å². The number of phenols is 1. The summed E-state index contributed by atoms with van der Waals surface area (Å²) in [6.45, 7) is 1.45. The monoisotopic (exact) mass is 263 g/mol. The van der Waals surface area contributed by atoms with Crippen LogP contribution in [0.4, 0.5) is 4.39 Å². The van der Waals surface area contributed by atoms with Crippen molar-refractivity contribution in [3.8, 4) is 5.75 Å². The topological polar surface area (TPSA) is 40.5 Å². The van der Waals surface area contributed by atoms with Crippen molar-refractivity contribution in [2.75, 3.05) is 13.1 Å². The van der Waals surface area contributed by atoms with E-state index in [0.717, 1.165) is 44.8 Å². The molecule has 102 valence electrons. The van der Waals surface area contributed by atoms with E-state index in [2.05, 4.69) is 0 Å². The van der Waals surface area contributed by atoms with Gasteiger partial charge < -0.3 is 10.0 Å². The third kappa shape index (κ3) is 2.57. The normalized spacial score (nSPS) is 20.6. The fourth-order valence-electron chi connectivity index (χ4n) is 2.85. The number of phenolic OH excluding ortho intramolecular Hbond substituents is 1. The highest BCUT2D eigenvalue weighted by molar-refractivity contribution is 5.81. The zero-order chi connectivity index (χ0) is 13.4. The minimum absolute atomic E-state index is 0.0393. The molecule has 1 saturated heterocycles. The molecule has 19 heavy (non-hydrogen) atoms. The lowest BCUT2D eigenvalue weighted by Crippen LogP contribution is -2.38. The quantitative estimate of drug-likeness (QED) is 0.891. The van der Waals surface area contributed by atoms with Crippen molar-refractivity contribution in [3.05, 3.63) is 29.6 Å². The molecule has 0 spiro atoms. The molecule has 0 unspecified atom stereocenters. The summed E-state index contributed by atoms with van der Waals surface area (Å²) in [5.41, 5.74) is 0.663. The maximum atomic E-state index is 13.8. The van der Waals surface area contributed by atoms with Crippen molar-refractivity contribution >= 4 is 5.91 Å². The van der Waals surface area contributed by atoms with Crippen molar-refractivity contribution in [3.63, 3.8) is 0 Å². The van der Waals surface area contributed by atoms with Crippen molar-refractivity contribution in [1.29, 1.82) is 0 Å². The van der Waals surface area contributed by atoms with Crippen molar-refractivity contribution < 1.29 is 14.3 Å². The molecule has 0 radical (unpaired) electrons. The van der Waals surface area contributed by atoms with Crippen LogP contribution in [0.25, 0.3) is 0 Å². The Bertz CT molecular complexity index is 491. The smallest absolute Gasteiger partial charge is 0.225 e. The Morgan fingerprint density at radius 1 is 1.21 bits per heavy atom. The van der Waals surface area contributed by atoms with E-state index >= 15 is 0 Å². The molecule has 1 saturated carbocycles. The van der Waals surface area contributed by atoms with Gasteiger partial charge in [0.1, 0.15) is 11.6 Å². The van der Waals surface area contributed by atoms with E-state index in [0.29, 0.717) is 5.56 Å². The van der Waals surface area contributed by atoms with Crippen LogP contribution in [0.2, 0.25) is 0 Å². The Balaban J connectivity index is 1.64. The van der Waals surface area contributed by atoms with Gasteiger partial charge in [-0.25, -0.2) is 4.39 Å². The van der Waals surface area contributed by atoms with Crippen LogP contribution in [-0.2, 0) is 4.79 Å². The summed E-state index contributed by atoms with van der Waals surface area (Å²) >= 11 is 0. The van der Waals surface area contributed by atoms with E-state index in [1.54, 1.807) is 6.07 Å². The Hall–Kier alpha value is -1.58. The molecule has 0 atom stereocenters. The van der Waals surface area contributed by atoms with Gasteiger partial charge in [-0.2, -0.15) is 0 Å². The number of hydrogen-bond donors (Lipinski definition) is 1. The highest BCUT2D eigenvalue weighted by atomic mass is 19.1. The summed E-state index contributed by atoms with van der Waals surface area (Å²) in [4.78, 5) is 13.9. The number of aromatic hydroxyl groups is 1. The van der Waals surface area contributed by atoms with Gasteiger partial charge >= 0.3 is 0 Å². The Labute approximate surface area is 112 Å². The molecule has 2 fully saturated rings. The van der Waals surface area contributed by atoms with Gasteiger partial charge in [0, 0.05) is 25.1 Å². The van der Waals surface area contributed by atoms with Crippen LogP contribution in [0.5, 0.6) is 5.75 Å². The molecule has 0 aromatic heterocycles. The van der Waals surface area contributed by atoms with Crippen LogP contribution >= 0.6 is 0 Å². The SMILES string of the molecule is O=C(C1CC1)N1CCC(c2ccc(O)cc2F)CC1. The number of amides is 1. The number of nitrogens with zero attached hydrogens (tertiary/aromatic N) is 1. The third-order valence-electron chi connectivity index (χ3n) is 4.16. The van der Waals surface area contributed by atoms with Gasteiger partial charge in [-0.15, -0.1) is 0 Å². The molecule has 1 aliphatic carbocycles. The third-order valence-corrected chi connectivity index (χ3v) is 4.16. The average molecular weight is 263 g/mol. The maximum Gasteiger partial charge on any atom is 0.225 e. The van der Waals surface area contributed by atoms with Gasteiger partial charge in [0.25, 0.3) is 0 Å². The zero-order valence-electron chi connectivity index (χ0n) is 10.8. The van der Waals surface area contributed by atoms with Crippen LogP contribution in [0.3, 0.4) is 0 Å². The molecule has 3 rings (SSSR count). The van der Waals surface area contributed by atoms with Gasteiger partial charge in [-0.05, 0) is 43.2 Å². The molecule has 0 bridgehead atoms. The lowest BCUT2D eigenvalue weighted by molar-refractivity contribution is -0.133. The second-order valence-corrected chi connectivity index (χ2v) is 5.58.